The van der Waals surface area contributed by atoms with Crippen LogP contribution in [0.4, 0.5) is 0 Å². The fraction of sp³-hybridized carbons (Fsp3) is 1.00. The summed E-state index contributed by atoms with van der Waals surface area (Å²) in [5.41, 5.74) is 5.73. The van der Waals surface area contributed by atoms with E-state index in [0.717, 1.165) is 12.8 Å². The van der Waals surface area contributed by atoms with Crippen LogP contribution in [0.2, 0.25) is 0 Å². The van der Waals surface area contributed by atoms with Gasteiger partial charge in [-0.1, -0.05) is 12.8 Å². The lowest BCUT2D eigenvalue weighted by Gasteiger charge is -2.26. The van der Waals surface area contributed by atoms with Gasteiger partial charge in [0.05, 0.1) is 0 Å². The summed E-state index contributed by atoms with van der Waals surface area (Å²) >= 11 is 0. The molecule has 0 spiro atoms. The second-order valence-corrected chi connectivity index (χ2v) is 2.89. The van der Waals surface area contributed by atoms with Gasteiger partial charge in [0.2, 0.25) is 0 Å². The van der Waals surface area contributed by atoms with E-state index >= 15 is 0 Å². The molecule has 0 aromatic carbocycles. The van der Waals surface area contributed by atoms with Gasteiger partial charge in [0, 0.05) is 12.6 Å². The molecule has 54 valence electrons. The quantitative estimate of drug-likeness (QED) is 0.541. The highest BCUT2D eigenvalue weighted by Crippen LogP contribution is 2.21. The van der Waals surface area contributed by atoms with Crippen LogP contribution in [0, 0.1) is 5.92 Å². The van der Waals surface area contributed by atoms with Crippen LogP contribution in [-0.2, 0) is 0 Å². The minimum atomic E-state index is 0.267. The third-order valence-corrected chi connectivity index (χ3v) is 2.20. The van der Waals surface area contributed by atoms with Crippen LogP contribution in [0.3, 0.4) is 0 Å². The lowest BCUT2D eigenvalue weighted by atomic mass is 9.86. The molecule has 1 aliphatic rings. The number of hydrogen-bond acceptors (Lipinski definition) is 2. The smallest absolute Gasteiger partial charge is 0.0474 e. The Balaban J connectivity index is 2.30. The summed E-state index contributed by atoms with van der Waals surface area (Å²) in [5, 5.41) is 8.78. The summed E-state index contributed by atoms with van der Waals surface area (Å²) in [7, 11) is 0. The largest absolute Gasteiger partial charge is 0.396 e. The van der Waals surface area contributed by atoms with Gasteiger partial charge >= 0.3 is 0 Å². The summed E-state index contributed by atoms with van der Waals surface area (Å²) in [5.74, 6) is 0.388. The van der Waals surface area contributed by atoms with E-state index in [1.165, 1.54) is 12.8 Å². The van der Waals surface area contributed by atoms with Crippen LogP contribution >= 0.6 is 0 Å². The number of rotatable bonds is 1. The van der Waals surface area contributed by atoms with Gasteiger partial charge in [-0.2, -0.15) is 0 Å². The van der Waals surface area contributed by atoms with Crippen molar-refractivity contribution in [3.8, 4) is 0 Å². The Morgan fingerprint density at radius 3 is 2.44 bits per heavy atom. The second kappa shape index (κ2) is 3.18. The van der Waals surface area contributed by atoms with E-state index in [1.54, 1.807) is 0 Å². The average molecular weight is 129 g/mol. The lowest BCUT2D eigenvalue weighted by Crippen LogP contribution is -2.34. The van der Waals surface area contributed by atoms with E-state index in [9.17, 15) is 0 Å². The molecule has 0 aromatic heterocycles. The van der Waals surface area contributed by atoms with Gasteiger partial charge in [-0.25, -0.2) is 0 Å². The van der Waals surface area contributed by atoms with Gasteiger partial charge in [-0.3, -0.25) is 0 Å². The molecule has 0 aliphatic heterocycles. The highest BCUT2D eigenvalue weighted by atomic mass is 16.3. The summed E-state index contributed by atoms with van der Waals surface area (Å²) in [6, 6.07) is 0.267. The molecule has 0 radical (unpaired) electrons. The highest BCUT2D eigenvalue weighted by Gasteiger charge is 2.19. The molecule has 0 aromatic rings. The highest BCUT2D eigenvalue weighted by molar-refractivity contribution is 4.76. The zero-order valence-electron chi connectivity index (χ0n) is 5.71. The molecule has 1 aliphatic carbocycles. The number of hydrogen-bond donors (Lipinski definition) is 2. The molecule has 1 saturated carbocycles. The second-order valence-electron chi connectivity index (χ2n) is 2.89. The van der Waals surface area contributed by atoms with Crippen molar-refractivity contribution in [2.45, 2.75) is 31.7 Å². The Kier molecular flexibility index (Phi) is 2.49. The van der Waals surface area contributed by atoms with Crippen molar-refractivity contribution >= 4 is 0 Å². The van der Waals surface area contributed by atoms with Crippen molar-refractivity contribution in [2.24, 2.45) is 11.7 Å². The van der Waals surface area contributed by atoms with Crippen LogP contribution in [-0.4, -0.2) is 17.8 Å². The molecule has 0 heterocycles. The first-order valence-electron chi connectivity index (χ1n) is 3.71. The van der Waals surface area contributed by atoms with Crippen LogP contribution in [0.1, 0.15) is 25.7 Å². The fourth-order valence-electron chi connectivity index (χ4n) is 1.46. The minimum Gasteiger partial charge on any atom is -0.396 e. The van der Waals surface area contributed by atoms with Gasteiger partial charge in [-0.15, -0.1) is 0 Å². The molecule has 2 atom stereocenters. The molecule has 3 N–H and O–H groups in total. The topological polar surface area (TPSA) is 46.2 Å². The Labute approximate surface area is 56.1 Å². The van der Waals surface area contributed by atoms with Crippen molar-refractivity contribution in [2.75, 3.05) is 6.61 Å². The first-order valence-corrected chi connectivity index (χ1v) is 3.71. The first kappa shape index (κ1) is 7.03. The van der Waals surface area contributed by atoms with Crippen molar-refractivity contribution in [1.82, 2.24) is 0 Å². The molecular weight excluding hydrogens is 114 g/mol. The normalized spacial score (nSPS) is 36.7. The Morgan fingerprint density at radius 2 is 2.00 bits per heavy atom. The maximum Gasteiger partial charge on any atom is 0.0474 e. The third kappa shape index (κ3) is 1.66. The van der Waals surface area contributed by atoms with Crippen molar-refractivity contribution < 1.29 is 5.11 Å². The molecule has 9 heavy (non-hydrogen) atoms. The van der Waals surface area contributed by atoms with Gasteiger partial charge in [0.1, 0.15) is 0 Å². The van der Waals surface area contributed by atoms with Gasteiger partial charge in [-0.05, 0) is 18.8 Å². The monoisotopic (exact) mass is 129 g/mol. The van der Waals surface area contributed by atoms with Crippen LogP contribution in [0.25, 0.3) is 0 Å². The van der Waals surface area contributed by atoms with E-state index in [4.69, 9.17) is 10.8 Å². The average Bonchev–Trinajstić information content (AvgIpc) is 1.89. The van der Waals surface area contributed by atoms with E-state index in [0.29, 0.717) is 5.92 Å². The van der Waals surface area contributed by atoms with E-state index in [-0.39, 0.29) is 12.6 Å². The summed E-state index contributed by atoms with van der Waals surface area (Å²) in [4.78, 5) is 0. The Morgan fingerprint density at radius 1 is 1.33 bits per heavy atom. The molecule has 2 unspecified atom stereocenters. The zero-order valence-corrected chi connectivity index (χ0v) is 5.71. The maximum absolute atomic E-state index is 8.78. The first-order chi connectivity index (χ1) is 4.34. The third-order valence-electron chi connectivity index (χ3n) is 2.20. The summed E-state index contributed by atoms with van der Waals surface area (Å²) < 4.78 is 0. The maximum atomic E-state index is 8.78. The lowest BCUT2D eigenvalue weighted by molar-refractivity contribution is 0.171. The predicted octanol–water partition coefficient (Wildman–Crippen LogP) is 0.496. The molecular formula is C7H15NO. The molecule has 2 heteroatoms. The minimum absolute atomic E-state index is 0.267. The van der Waals surface area contributed by atoms with Crippen LogP contribution < -0.4 is 5.73 Å². The molecule has 1 fully saturated rings. The van der Waals surface area contributed by atoms with Crippen LogP contribution in [0.5, 0.6) is 0 Å². The molecule has 0 amide bonds. The van der Waals surface area contributed by atoms with Crippen molar-refractivity contribution in [3.05, 3.63) is 0 Å². The molecule has 1 rings (SSSR count). The van der Waals surface area contributed by atoms with Crippen LogP contribution in [0.15, 0.2) is 0 Å². The number of nitrogens with two attached hydrogens (primary N) is 1. The number of aliphatic hydroxyl groups excluding tert-OH is 1. The fourth-order valence-corrected chi connectivity index (χ4v) is 1.46. The molecule has 0 saturated heterocycles. The van der Waals surface area contributed by atoms with Gasteiger partial charge in [0.25, 0.3) is 0 Å². The Bertz CT molecular complexity index is 85.0. The van der Waals surface area contributed by atoms with Crippen molar-refractivity contribution in [3.63, 3.8) is 0 Å². The van der Waals surface area contributed by atoms with E-state index < -0.39 is 0 Å². The summed E-state index contributed by atoms with van der Waals surface area (Å²) in [6.07, 6.45) is 4.72. The van der Waals surface area contributed by atoms with Gasteiger partial charge in [0.15, 0.2) is 0 Å². The SMILES string of the molecule is NC1CCCCC1CO. The van der Waals surface area contributed by atoms with E-state index in [1.807, 2.05) is 0 Å². The molecule has 0 bridgehead atoms. The zero-order chi connectivity index (χ0) is 6.69. The van der Waals surface area contributed by atoms with Crippen molar-refractivity contribution in [1.29, 1.82) is 0 Å². The standard InChI is InChI=1S/C7H15NO/c8-7-4-2-1-3-6(7)5-9/h6-7,9H,1-5,8H2. The predicted molar refractivity (Wildman–Crippen MR) is 37.0 cm³/mol. The van der Waals surface area contributed by atoms with E-state index in [2.05, 4.69) is 0 Å². The number of aliphatic hydroxyl groups is 1. The molecule has 2 nitrogen and oxygen atoms in total. The summed E-state index contributed by atoms with van der Waals surface area (Å²) in [6.45, 7) is 0.279. The van der Waals surface area contributed by atoms with Gasteiger partial charge < -0.3 is 10.8 Å². The Hall–Kier alpha value is -0.0800.